The summed E-state index contributed by atoms with van der Waals surface area (Å²) in [7, 11) is 0. The fraction of sp³-hybridized carbons (Fsp3) is 0.500. The van der Waals surface area contributed by atoms with Crippen molar-refractivity contribution >= 4 is 5.91 Å². The third kappa shape index (κ3) is 4.68. The zero-order chi connectivity index (χ0) is 20.3. The number of pyridine rings is 1. The van der Waals surface area contributed by atoms with Gasteiger partial charge < -0.3 is 9.64 Å². The number of ether oxygens (including phenoxy) is 1. The number of nitrogens with zero attached hydrogens (tertiary/aromatic N) is 3. The molecule has 1 aromatic heterocycles. The molecule has 1 amide bonds. The Morgan fingerprint density at radius 1 is 1.14 bits per heavy atom. The summed E-state index contributed by atoms with van der Waals surface area (Å²) in [4.78, 5) is 21.7. The highest BCUT2D eigenvalue weighted by Gasteiger charge is 2.39. The van der Waals surface area contributed by atoms with Crippen LogP contribution in [0.2, 0.25) is 0 Å². The lowest BCUT2D eigenvalue weighted by atomic mass is 9.78. The van der Waals surface area contributed by atoms with Gasteiger partial charge in [0, 0.05) is 56.1 Å². The van der Waals surface area contributed by atoms with Gasteiger partial charge in [0.15, 0.2) is 0 Å². The van der Waals surface area contributed by atoms with Crippen LogP contribution in [0.5, 0.6) is 0 Å². The summed E-state index contributed by atoms with van der Waals surface area (Å²) in [5.41, 5.74) is 4.58. The van der Waals surface area contributed by atoms with Crippen molar-refractivity contribution in [1.29, 1.82) is 0 Å². The molecule has 0 N–H and O–H groups in total. The Kier molecular flexibility index (Phi) is 5.97. The molecule has 0 aliphatic carbocycles. The quantitative estimate of drug-likeness (QED) is 0.801. The van der Waals surface area contributed by atoms with E-state index in [1.54, 1.807) is 0 Å². The number of benzene rings is 1. The molecule has 5 nitrogen and oxygen atoms in total. The Bertz CT molecular complexity index is 844. The third-order valence-corrected chi connectivity index (χ3v) is 6.51. The largest absolute Gasteiger partial charge is 0.379 e. The van der Waals surface area contributed by atoms with Crippen molar-refractivity contribution in [3.05, 3.63) is 65.0 Å². The number of carbonyl (C=O) groups excluding carboxylic acids is 1. The number of hydrogen-bond acceptors (Lipinski definition) is 4. The van der Waals surface area contributed by atoms with Crippen molar-refractivity contribution in [2.45, 2.75) is 33.2 Å². The molecule has 5 heteroatoms. The summed E-state index contributed by atoms with van der Waals surface area (Å²) in [5, 5.41) is 0. The van der Waals surface area contributed by atoms with Crippen LogP contribution in [0.25, 0.3) is 0 Å². The molecule has 1 spiro atoms. The molecule has 4 rings (SSSR count). The molecule has 154 valence electrons. The van der Waals surface area contributed by atoms with E-state index >= 15 is 0 Å². The van der Waals surface area contributed by atoms with Crippen LogP contribution in [-0.4, -0.2) is 60.1 Å². The second kappa shape index (κ2) is 8.64. The average molecular weight is 394 g/mol. The first-order valence-corrected chi connectivity index (χ1v) is 10.6. The number of piperidine rings is 1. The predicted octanol–water partition coefficient (Wildman–Crippen LogP) is 3.45. The van der Waals surface area contributed by atoms with Gasteiger partial charge in [-0.05, 0) is 61.6 Å². The lowest BCUT2D eigenvalue weighted by molar-refractivity contribution is 0.0145. The SMILES string of the molecule is Cc1ccc(C(=O)N2CCC3(CC2)COCCN(Cc2cccnc2)C3)cc1C. The maximum absolute atomic E-state index is 13.0. The molecule has 0 unspecified atom stereocenters. The molecule has 0 atom stereocenters. The molecule has 1 aromatic carbocycles. The van der Waals surface area contributed by atoms with E-state index in [0.29, 0.717) is 0 Å². The first kappa shape index (κ1) is 20.0. The van der Waals surface area contributed by atoms with Gasteiger partial charge in [0.1, 0.15) is 0 Å². The molecule has 0 radical (unpaired) electrons. The molecular formula is C24H31N3O2. The minimum atomic E-state index is 0.138. The van der Waals surface area contributed by atoms with E-state index in [1.807, 2.05) is 41.6 Å². The van der Waals surface area contributed by atoms with Crippen LogP contribution in [0, 0.1) is 19.3 Å². The lowest BCUT2D eigenvalue weighted by Gasteiger charge is -2.42. The predicted molar refractivity (Wildman–Crippen MR) is 114 cm³/mol. The fourth-order valence-corrected chi connectivity index (χ4v) is 4.51. The smallest absolute Gasteiger partial charge is 0.253 e. The van der Waals surface area contributed by atoms with Crippen molar-refractivity contribution in [3.8, 4) is 0 Å². The maximum atomic E-state index is 13.0. The van der Waals surface area contributed by atoms with Gasteiger partial charge in [-0.25, -0.2) is 0 Å². The van der Waals surface area contributed by atoms with E-state index in [1.165, 1.54) is 16.7 Å². The summed E-state index contributed by atoms with van der Waals surface area (Å²) in [5.74, 6) is 0.157. The topological polar surface area (TPSA) is 45.7 Å². The molecule has 2 saturated heterocycles. The van der Waals surface area contributed by atoms with Crippen molar-refractivity contribution in [1.82, 2.24) is 14.8 Å². The van der Waals surface area contributed by atoms with Gasteiger partial charge in [-0.2, -0.15) is 0 Å². The monoisotopic (exact) mass is 393 g/mol. The summed E-state index contributed by atoms with van der Waals surface area (Å²) in [6.07, 6.45) is 5.75. The van der Waals surface area contributed by atoms with Crippen molar-refractivity contribution < 1.29 is 9.53 Å². The van der Waals surface area contributed by atoms with Gasteiger partial charge in [-0.3, -0.25) is 14.7 Å². The molecule has 2 fully saturated rings. The van der Waals surface area contributed by atoms with Crippen LogP contribution in [0.3, 0.4) is 0 Å². The van der Waals surface area contributed by atoms with Crippen LogP contribution in [0.1, 0.15) is 39.9 Å². The fourth-order valence-electron chi connectivity index (χ4n) is 4.51. The summed E-state index contributed by atoms with van der Waals surface area (Å²) in [6.45, 7) is 10.2. The Morgan fingerprint density at radius 2 is 1.97 bits per heavy atom. The highest BCUT2D eigenvalue weighted by molar-refractivity contribution is 5.94. The third-order valence-electron chi connectivity index (χ3n) is 6.51. The number of hydrogen-bond donors (Lipinski definition) is 0. The molecule has 3 heterocycles. The minimum absolute atomic E-state index is 0.138. The van der Waals surface area contributed by atoms with Crippen LogP contribution in [-0.2, 0) is 11.3 Å². The van der Waals surface area contributed by atoms with Crippen molar-refractivity contribution in [2.75, 3.05) is 39.4 Å². The molecule has 2 aliphatic rings. The van der Waals surface area contributed by atoms with Crippen LogP contribution in [0.15, 0.2) is 42.7 Å². The molecule has 29 heavy (non-hydrogen) atoms. The lowest BCUT2D eigenvalue weighted by Crippen LogP contribution is -2.48. The Labute approximate surface area is 173 Å². The van der Waals surface area contributed by atoms with E-state index < -0.39 is 0 Å². The van der Waals surface area contributed by atoms with Gasteiger partial charge in [-0.1, -0.05) is 12.1 Å². The van der Waals surface area contributed by atoms with E-state index in [0.717, 1.165) is 64.3 Å². The van der Waals surface area contributed by atoms with Gasteiger partial charge in [0.05, 0.1) is 13.2 Å². The zero-order valence-corrected chi connectivity index (χ0v) is 17.6. The standard InChI is InChI=1S/C24H31N3O2/c1-19-5-6-22(14-20(19)2)23(28)27-10-7-24(8-11-27)17-26(12-13-29-18-24)16-21-4-3-9-25-15-21/h3-6,9,14-15H,7-8,10-13,16-18H2,1-2H3. The summed E-state index contributed by atoms with van der Waals surface area (Å²) in [6, 6.07) is 10.2. The molecule has 2 aromatic rings. The van der Waals surface area contributed by atoms with Gasteiger partial charge in [-0.15, -0.1) is 0 Å². The second-order valence-electron chi connectivity index (χ2n) is 8.72. The number of carbonyl (C=O) groups is 1. The van der Waals surface area contributed by atoms with Gasteiger partial charge in [0.2, 0.25) is 0 Å². The number of amides is 1. The Balaban J connectivity index is 1.40. The first-order chi connectivity index (χ1) is 14.0. The van der Waals surface area contributed by atoms with Gasteiger partial charge in [0.25, 0.3) is 5.91 Å². The number of rotatable bonds is 3. The van der Waals surface area contributed by atoms with Crippen LogP contribution >= 0.6 is 0 Å². The summed E-state index contributed by atoms with van der Waals surface area (Å²) >= 11 is 0. The normalized spacial score (nSPS) is 19.9. The molecular weight excluding hydrogens is 362 g/mol. The van der Waals surface area contributed by atoms with Crippen molar-refractivity contribution in [2.24, 2.45) is 5.41 Å². The Hall–Kier alpha value is -2.24. The van der Waals surface area contributed by atoms with E-state index in [4.69, 9.17) is 4.74 Å². The average Bonchev–Trinajstić information content (AvgIpc) is 2.93. The molecule has 2 aliphatic heterocycles. The highest BCUT2D eigenvalue weighted by atomic mass is 16.5. The van der Waals surface area contributed by atoms with Crippen molar-refractivity contribution in [3.63, 3.8) is 0 Å². The van der Waals surface area contributed by atoms with E-state index in [2.05, 4.69) is 29.8 Å². The van der Waals surface area contributed by atoms with Crippen LogP contribution < -0.4 is 0 Å². The number of aromatic nitrogens is 1. The van der Waals surface area contributed by atoms with E-state index in [9.17, 15) is 4.79 Å². The number of aryl methyl sites for hydroxylation is 2. The maximum Gasteiger partial charge on any atom is 0.253 e. The Morgan fingerprint density at radius 3 is 2.69 bits per heavy atom. The first-order valence-electron chi connectivity index (χ1n) is 10.6. The molecule has 0 saturated carbocycles. The zero-order valence-electron chi connectivity index (χ0n) is 17.6. The van der Waals surface area contributed by atoms with Crippen LogP contribution in [0.4, 0.5) is 0 Å². The second-order valence-corrected chi connectivity index (χ2v) is 8.72. The van der Waals surface area contributed by atoms with Gasteiger partial charge >= 0.3 is 0 Å². The number of likely N-dealkylation sites (tertiary alicyclic amines) is 1. The minimum Gasteiger partial charge on any atom is -0.379 e. The highest BCUT2D eigenvalue weighted by Crippen LogP contribution is 2.35. The van der Waals surface area contributed by atoms with E-state index in [-0.39, 0.29) is 11.3 Å². The summed E-state index contributed by atoms with van der Waals surface area (Å²) < 4.78 is 6.00. The molecule has 0 bridgehead atoms.